The number of thiophene rings is 1. The molecule has 1 N–H and O–H groups in total. The van der Waals surface area contributed by atoms with Gasteiger partial charge in [-0.15, -0.1) is 11.3 Å². The Hall–Kier alpha value is -3.45. The molecule has 0 radical (unpaired) electrons. The molecule has 1 amide bonds. The number of nitrogens with zero attached hydrogens (tertiary/aromatic N) is 2. The third-order valence-electron chi connectivity index (χ3n) is 4.59. The van der Waals surface area contributed by atoms with Crippen LogP contribution in [0.1, 0.15) is 26.4 Å². The SMILES string of the molecule is Cc1ccccc1Cn1cc(NC(=O)c2cc(COc3ccccc3F)cs2)cn1. The van der Waals surface area contributed by atoms with E-state index in [1.165, 1.54) is 28.5 Å². The highest BCUT2D eigenvalue weighted by atomic mass is 32.1. The number of aromatic nitrogens is 2. The number of hydrogen-bond donors (Lipinski definition) is 1. The molecule has 0 spiro atoms. The molecule has 0 atom stereocenters. The number of halogens is 1. The maximum Gasteiger partial charge on any atom is 0.265 e. The zero-order valence-electron chi connectivity index (χ0n) is 16.3. The molecule has 5 nitrogen and oxygen atoms in total. The zero-order chi connectivity index (χ0) is 20.9. The molecule has 30 heavy (non-hydrogen) atoms. The highest BCUT2D eigenvalue weighted by Gasteiger charge is 2.12. The van der Waals surface area contributed by atoms with Crippen LogP contribution in [0.25, 0.3) is 0 Å². The Morgan fingerprint density at radius 1 is 1.20 bits per heavy atom. The van der Waals surface area contributed by atoms with E-state index in [0.29, 0.717) is 17.1 Å². The maximum atomic E-state index is 13.6. The second-order valence-electron chi connectivity index (χ2n) is 6.85. The fraction of sp³-hybridized carbons (Fsp3) is 0.130. The molecule has 2 aromatic heterocycles. The largest absolute Gasteiger partial charge is 0.486 e. The van der Waals surface area contributed by atoms with Gasteiger partial charge in [-0.3, -0.25) is 9.48 Å². The van der Waals surface area contributed by atoms with Gasteiger partial charge in [0.15, 0.2) is 11.6 Å². The summed E-state index contributed by atoms with van der Waals surface area (Å²) in [5.41, 5.74) is 3.81. The number of hydrogen-bond acceptors (Lipinski definition) is 4. The van der Waals surface area contributed by atoms with Crippen molar-refractivity contribution in [3.05, 3.63) is 99.8 Å². The van der Waals surface area contributed by atoms with Crippen molar-refractivity contribution in [2.24, 2.45) is 0 Å². The number of rotatable bonds is 7. The van der Waals surface area contributed by atoms with E-state index in [-0.39, 0.29) is 18.3 Å². The van der Waals surface area contributed by atoms with Crippen LogP contribution in [-0.2, 0) is 13.2 Å². The molecular formula is C23H20FN3O2S. The average Bonchev–Trinajstić information content (AvgIpc) is 3.39. The first-order chi connectivity index (χ1) is 14.6. The number of para-hydroxylation sites is 1. The van der Waals surface area contributed by atoms with E-state index < -0.39 is 5.82 Å². The van der Waals surface area contributed by atoms with Gasteiger partial charge in [0.05, 0.1) is 23.3 Å². The van der Waals surface area contributed by atoms with Crippen LogP contribution in [-0.4, -0.2) is 15.7 Å². The lowest BCUT2D eigenvalue weighted by molar-refractivity contribution is 0.103. The van der Waals surface area contributed by atoms with Gasteiger partial charge in [0.2, 0.25) is 0 Å². The maximum absolute atomic E-state index is 13.6. The van der Waals surface area contributed by atoms with E-state index in [0.717, 1.165) is 5.56 Å². The van der Waals surface area contributed by atoms with Crippen molar-refractivity contribution in [1.82, 2.24) is 9.78 Å². The fourth-order valence-electron chi connectivity index (χ4n) is 2.96. The Morgan fingerprint density at radius 3 is 2.83 bits per heavy atom. The number of nitrogens with one attached hydrogen (secondary N) is 1. The van der Waals surface area contributed by atoms with Gasteiger partial charge >= 0.3 is 0 Å². The zero-order valence-corrected chi connectivity index (χ0v) is 17.2. The van der Waals surface area contributed by atoms with Crippen LogP contribution in [0.15, 0.2) is 72.4 Å². The molecular weight excluding hydrogens is 401 g/mol. The number of aryl methyl sites for hydroxylation is 1. The summed E-state index contributed by atoms with van der Waals surface area (Å²) < 4.78 is 20.9. The summed E-state index contributed by atoms with van der Waals surface area (Å²) in [5, 5.41) is 9.02. The van der Waals surface area contributed by atoms with Gasteiger partial charge in [-0.05, 0) is 41.6 Å². The predicted molar refractivity (Wildman–Crippen MR) is 116 cm³/mol. The van der Waals surface area contributed by atoms with Gasteiger partial charge in [-0.2, -0.15) is 5.10 Å². The molecule has 0 fully saturated rings. The molecule has 7 heteroatoms. The summed E-state index contributed by atoms with van der Waals surface area (Å²) in [6.07, 6.45) is 3.44. The Morgan fingerprint density at radius 2 is 2.00 bits per heavy atom. The third kappa shape index (κ3) is 4.75. The molecule has 0 saturated carbocycles. The standard InChI is InChI=1S/C23H20FN3O2S/c1-16-6-2-3-7-18(16)12-27-13-19(11-25-27)26-23(28)22-10-17(15-30-22)14-29-21-9-5-4-8-20(21)24/h2-11,13,15H,12,14H2,1H3,(H,26,28). The summed E-state index contributed by atoms with van der Waals surface area (Å²) in [5.74, 6) is -0.434. The summed E-state index contributed by atoms with van der Waals surface area (Å²) in [7, 11) is 0. The van der Waals surface area contributed by atoms with Crippen LogP contribution in [0.3, 0.4) is 0 Å². The molecule has 0 saturated heterocycles. The fourth-order valence-corrected chi connectivity index (χ4v) is 3.75. The summed E-state index contributed by atoms with van der Waals surface area (Å²) in [6.45, 7) is 2.89. The smallest absolute Gasteiger partial charge is 0.265 e. The monoisotopic (exact) mass is 421 g/mol. The molecule has 4 aromatic rings. The van der Waals surface area contributed by atoms with Gasteiger partial charge in [-0.25, -0.2) is 4.39 Å². The molecule has 2 aromatic carbocycles. The van der Waals surface area contributed by atoms with E-state index in [2.05, 4.69) is 29.5 Å². The molecule has 0 aliphatic carbocycles. The van der Waals surface area contributed by atoms with Crippen molar-refractivity contribution >= 4 is 22.9 Å². The molecule has 0 bridgehead atoms. The molecule has 0 unspecified atom stereocenters. The van der Waals surface area contributed by atoms with Crippen molar-refractivity contribution in [2.45, 2.75) is 20.1 Å². The Bertz CT molecular complexity index is 1170. The van der Waals surface area contributed by atoms with Gasteiger partial charge in [0.25, 0.3) is 5.91 Å². The van der Waals surface area contributed by atoms with Crippen molar-refractivity contribution < 1.29 is 13.9 Å². The molecule has 2 heterocycles. The molecule has 152 valence electrons. The van der Waals surface area contributed by atoms with Crippen molar-refractivity contribution in [2.75, 3.05) is 5.32 Å². The first kappa shape index (κ1) is 19.8. The van der Waals surface area contributed by atoms with Crippen molar-refractivity contribution in [3.8, 4) is 5.75 Å². The van der Waals surface area contributed by atoms with E-state index >= 15 is 0 Å². The highest BCUT2D eigenvalue weighted by molar-refractivity contribution is 7.12. The second-order valence-corrected chi connectivity index (χ2v) is 7.76. The lowest BCUT2D eigenvalue weighted by Gasteiger charge is -2.05. The topological polar surface area (TPSA) is 56.2 Å². The highest BCUT2D eigenvalue weighted by Crippen LogP contribution is 2.21. The van der Waals surface area contributed by atoms with Crippen LogP contribution < -0.4 is 10.1 Å². The Balaban J connectivity index is 1.35. The Labute approximate surface area is 177 Å². The van der Waals surface area contributed by atoms with Crippen LogP contribution >= 0.6 is 11.3 Å². The average molecular weight is 421 g/mol. The predicted octanol–water partition coefficient (Wildman–Crippen LogP) is 5.27. The minimum absolute atomic E-state index is 0.191. The van der Waals surface area contributed by atoms with E-state index in [9.17, 15) is 9.18 Å². The summed E-state index contributed by atoms with van der Waals surface area (Å²) >= 11 is 1.31. The van der Waals surface area contributed by atoms with E-state index in [1.807, 2.05) is 17.5 Å². The van der Waals surface area contributed by atoms with Crippen LogP contribution in [0.2, 0.25) is 0 Å². The van der Waals surface area contributed by atoms with Crippen molar-refractivity contribution in [3.63, 3.8) is 0 Å². The van der Waals surface area contributed by atoms with Gasteiger partial charge in [0.1, 0.15) is 6.61 Å². The van der Waals surface area contributed by atoms with Gasteiger partial charge in [-0.1, -0.05) is 36.4 Å². The normalized spacial score (nSPS) is 10.7. The van der Waals surface area contributed by atoms with Crippen LogP contribution in [0.5, 0.6) is 5.75 Å². The third-order valence-corrected chi connectivity index (χ3v) is 5.57. The number of amides is 1. The lowest BCUT2D eigenvalue weighted by Crippen LogP contribution is -2.09. The number of benzene rings is 2. The number of ether oxygens (including phenoxy) is 1. The molecule has 0 aliphatic rings. The van der Waals surface area contributed by atoms with Crippen LogP contribution in [0, 0.1) is 12.7 Å². The molecule has 4 rings (SSSR count). The van der Waals surface area contributed by atoms with Gasteiger partial charge < -0.3 is 10.1 Å². The van der Waals surface area contributed by atoms with E-state index in [4.69, 9.17) is 4.74 Å². The quantitative estimate of drug-likeness (QED) is 0.442. The minimum Gasteiger partial charge on any atom is -0.486 e. The minimum atomic E-state index is -0.409. The number of carbonyl (C=O) groups is 1. The summed E-state index contributed by atoms with van der Waals surface area (Å²) in [6, 6.07) is 16.1. The second kappa shape index (κ2) is 8.92. The van der Waals surface area contributed by atoms with Gasteiger partial charge in [0, 0.05) is 11.8 Å². The van der Waals surface area contributed by atoms with Crippen LogP contribution in [0.4, 0.5) is 10.1 Å². The lowest BCUT2D eigenvalue weighted by atomic mass is 10.1. The number of anilines is 1. The Kier molecular flexibility index (Phi) is 5.90. The first-order valence-corrected chi connectivity index (χ1v) is 10.3. The van der Waals surface area contributed by atoms with Crippen molar-refractivity contribution in [1.29, 1.82) is 0 Å². The summed E-state index contributed by atoms with van der Waals surface area (Å²) in [4.78, 5) is 13.1. The molecule has 0 aliphatic heterocycles. The van der Waals surface area contributed by atoms with E-state index in [1.54, 1.807) is 41.3 Å². The first-order valence-electron chi connectivity index (χ1n) is 9.41. The number of carbonyl (C=O) groups excluding carboxylic acids is 1.